The number of rotatable bonds is 6. The average molecular weight is 338 g/mol. The summed E-state index contributed by atoms with van der Waals surface area (Å²) in [6, 6.07) is 10.9. The van der Waals surface area contributed by atoms with Crippen LogP contribution in [0.3, 0.4) is 0 Å². The van der Waals surface area contributed by atoms with E-state index in [0.717, 1.165) is 32.6 Å². The Labute approximate surface area is 138 Å². The summed E-state index contributed by atoms with van der Waals surface area (Å²) in [6.07, 6.45) is 2.28. The van der Waals surface area contributed by atoms with Gasteiger partial charge in [0.25, 0.3) is 0 Å². The Bertz CT molecular complexity index is 608. The molecular formula is C16H26N4O2S. The molecule has 0 bridgehead atoms. The fourth-order valence-corrected chi connectivity index (χ4v) is 4.11. The molecular weight excluding hydrogens is 312 g/mol. The molecule has 2 heterocycles. The van der Waals surface area contributed by atoms with E-state index in [2.05, 4.69) is 44.7 Å². The Balaban J connectivity index is 1.52. The molecule has 0 saturated carbocycles. The quantitative estimate of drug-likeness (QED) is 0.697. The van der Waals surface area contributed by atoms with Gasteiger partial charge in [0.2, 0.25) is 10.0 Å². The van der Waals surface area contributed by atoms with E-state index >= 15 is 0 Å². The predicted octanol–water partition coefficient (Wildman–Crippen LogP) is 0.323. The number of sulfonamides is 1. The van der Waals surface area contributed by atoms with Crippen molar-refractivity contribution < 1.29 is 8.42 Å². The van der Waals surface area contributed by atoms with Crippen LogP contribution in [-0.4, -0.2) is 52.3 Å². The lowest BCUT2D eigenvalue weighted by molar-refractivity contribution is 0.262. The molecule has 6 nitrogen and oxygen atoms in total. The highest BCUT2D eigenvalue weighted by Crippen LogP contribution is 2.27. The molecule has 0 radical (unpaired) electrons. The molecule has 2 aliphatic heterocycles. The minimum Gasteiger partial charge on any atom is -0.303 e. The first-order valence-corrected chi connectivity index (χ1v) is 10.1. The molecule has 1 aromatic carbocycles. The molecule has 0 aromatic heterocycles. The number of hydrogen-bond acceptors (Lipinski definition) is 5. The van der Waals surface area contributed by atoms with Crippen LogP contribution in [-0.2, 0) is 10.0 Å². The van der Waals surface area contributed by atoms with Gasteiger partial charge < -0.3 is 4.90 Å². The number of likely N-dealkylation sites (tertiary alicyclic amines) is 1. The molecule has 7 heteroatoms. The molecule has 3 atom stereocenters. The number of hydrazine groups is 1. The maximum Gasteiger partial charge on any atom is 0.208 e. The molecule has 2 saturated heterocycles. The summed E-state index contributed by atoms with van der Waals surface area (Å²) in [4.78, 5) is 2.46. The van der Waals surface area contributed by atoms with Gasteiger partial charge in [0.05, 0.1) is 12.3 Å². The van der Waals surface area contributed by atoms with Crippen LogP contribution in [0.15, 0.2) is 30.3 Å². The van der Waals surface area contributed by atoms with Crippen LogP contribution in [0.4, 0.5) is 0 Å². The van der Waals surface area contributed by atoms with Crippen LogP contribution in [0.1, 0.15) is 18.0 Å². The fraction of sp³-hybridized carbons (Fsp3) is 0.625. The SMILES string of the molecule is CS(=O)(=O)NCC1CCN(CC2CNNC2c2ccccc2)C1. The topological polar surface area (TPSA) is 73.5 Å². The number of nitrogens with one attached hydrogen (secondary N) is 3. The molecule has 3 rings (SSSR count). The highest BCUT2D eigenvalue weighted by atomic mass is 32.2. The van der Waals surface area contributed by atoms with E-state index in [1.807, 2.05) is 6.07 Å². The molecule has 128 valence electrons. The van der Waals surface area contributed by atoms with Crippen molar-refractivity contribution in [1.82, 2.24) is 20.5 Å². The lowest BCUT2D eigenvalue weighted by atomic mass is 9.94. The summed E-state index contributed by atoms with van der Waals surface area (Å²) in [6.45, 7) is 4.57. The van der Waals surface area contributed by atoms with Gasteiger partial charge in [-0.25, -0.2) is 18.6 Å². The lowest BCUT2D eigenvalue weighted by Crippen LogP contribution is -2.33. The Morgan fingerprint density at radius 3 is 2.83 bits per heavy atom. The number of benzene rings is 1. The molecule has 3 unspecified atom stereocenters. The molecule has 2 aliphatic rings. The minimum atomic E-state index is -3.08. The first-order valence-electron chi connectivity index (χ1n) is 8.21. The summed E-state index contributed by atoms with van der Waals surface area (Å²) < 4.78 is 25.0. The van der Waals surface area contributed by atoms with Crippen molar-refractivity contribution in [2.24, 2.45) is 11.8 Å². The molecule has 0 spiro atoms. The van der Waals surface area contributed by atoms with E-state index in [0.29, 0.717) is 24.4 Å². The van der Waals surface area contributed by atoms with Crippen LogP contribution in [0.2, 0.25) is 0 Å². The highest BCUT2D eigenvalue weighted by molar-refractivity contribution is 7.88. The Hall–Kier alpha value is -0.990. The van der Waals surface area contributed by atoms with Gasteiger partial charge in [0.15, 0.2) is 0 Å². The van der Waals surface area contributed by atoms with Gasteiger partial charge in [-0.2, -0.15) is 0 Å². The van der Waals surface area contributed by atoms with Crippen molar-refractivity contribution in [2.75, 3.05) is 39.0 Å². The molecule has 0 amide bonds. The van der Waals surface area contributed by atoms with Gasteiger partial charge >= 0.3 is 0 Å². The monoisotopic (exact) mass is 338 g/mol. The van der Waals surface area contributed by atoms with Crippen LogP contribution >= 0.6 is 0 Å². The van der Waals surface area contributed by atoms with Gasteiger partial charge in [-0.05, 0) is 24.4 Å². The first-order chi connectivity index (χ1) is 11.0. The van der Waals surface area contributed by atoms with Crippen molar-refractivity contribution >= 4 is 10.0 Å². The fourth-order valence-electron chi connectivity index (χ4n) is 3.57. The van der Waals surface area contributed by atoms with Crippen molar-refractivity contribution in [3.63, 3.8) is 0 Å². The summed E-state index contributed by atoms with van der Waals surface area (Å²) in [7, 11) is -3.08. The molecule has 23 heavy (non-hydrogen) atoms. The molecule has 1 aromatic rings. The third-order valence-corrected chi connectivity index (χ3v) is 5.44. The van der Waals surface area contributed by atoms with Crippen molar-refractivity contribution in [2.45, 2.75) is 12.5 Å². The Kier molecular flexibility index (Phi) is 5.33. The summed E-state index contributed by atoms with van der Waals surface area (Å²) >= 11 is 0. The van der Waals surface area contributed by atoms with E-state index in [9.17, 15) is 8.42 Å². The van der Waals surface area contributed by atoms with E-state index in [1.54, 1.807) is 0 Å². The lowest BCUT2D eigenvalue weighted by Gasteiger charge is -2.24. The zero-order chi connectivity index (χ0) is 16.3. The predicted molar refractivity (Wildman–Crippen MR) is 91.2 cm³/mol. The van der Waals surface area contributed by atoms with Crippen molar-refractivity contribution in [1.29, 1.82) is 0 Å². The standard InChI is InChI=1S/C16H26N4O2S/c1-23(21,22)18-9-13-7-8-20(11-13)12-15-10-17-19-16(15)14-5-3-2-4-6-14/h2-6,13,15-19H,7-12H2,1H3. The van der Waals surface area contributed by atoms with E-state index in [1.165, 1.54) is 11.8 Å². The maximum absolute atomic E-state index is 11.2. The van der Waals surface area contributed by atoms with E-state index in [-0.39, 0.29) is 0 Å². The van der Waals surface area contributed by atoms with Crippen LogP contribution in [0.5, 0.6) is 0 Å². The third kappa shape index (κ3) is 4.74. The van der Waals surface area contributed by atoms with Crippen LogP contribution in [0.25, 0.3) is 0 Å². The second-order valence-electron chi connectivity index (χ2n) is 6.71. The summed E-state index contributed by atoms with van der Waals surface area (Å²) in [5, 5.41) is 0. The van der Waals surface area contributed by atoms with Gasteiger partial charge in [-0.1, -0.05) is 30.3 Å². The van der Waals surface area contributed by atoms with Crippen LogP contribution in [0, 0.1) is 11.8 Å². The van der Waals surface area contributed by atoms with E-state index in [4.69, 9.17) is 0 Å². The second-order valence-corrected chi connectivity index (χ2v) is 8.54. The zero-order valence-electron chi connectivity index (χ0n) is 13.5. The highest BCUT2D eigenvalue weighted by Gasteiger charge is 2.32. The van der Waals surface area contributed by atoms with Crippen molar-refractivity contribution in [3.8, 4) is 0 Å². The van der Waals surface area contributed by atoms with Gasteiger partial charge in [0, 0.05) is 32.1 Å². The normalized spacial score (nSPS) is 29.2. The molecule has 0 aliphatic carbocycles. The van der Waals surface area contributed by atoms with Gasteiger partial charge in [0.1, 0.15) is 0 Å². The molecule has 3 N–H and O–H groups in total. The summed E-state index contributed by atoms with van der Waals surface area (Å²) in [5.74, 6) is 0.946. The Morgan fingerprint density at radius 1 is 1.30 bits per heavy atom. The Morgan fingerprint density at radius 2 is 2.09 bits per heavy atom. The zero-order valence-corrected chi connectivity index (χ0v) is 14.3. The van der Waals surface area contributed by atoms with Gasteiger partial charge in [-0.15, -0.1) is 0 Å². The van der Waals surface area contributed by atoms with Gasteiger partial charge in [-0.3, -0.25) is 5.43 Å². The summed E-state index contributed by atoms with van der Waals surface area (Å²) in [5.41, 5.74) is 7.98. The van der Waals surface area contributed by atoms with Crippen molar-refractivity contribution in [3.05, 3.63) is 35.9 Å². The maximum atomic E-state index is 11.2. The average Bonchev–Trinajstić information content (AvgIpc) is 3.15. The minimum absolute atomic E-state index is 0.337. The smallest absolute Gasteiger partial charge is 0.208 e. The molecule has 2 fully saturated rings. The second kappa shape index (κ2) is 7.27. The number of nitrogens with zero attached hydrogens (tertiary/aromatic N) is 1. The first kappa shape index (κ1) is 16.9. The number of hydrogen-bond donors (Lipinski definition) is 3. The third-order valence-electron chi connectivity index (χ3n) is 4.75. The van der Waals surface area contributed by atoms with E-state index < -0.39 is 10.0 Å². The largest absolute Gasteiger partial charge is 0.303 e. The van der Waals surface area contributed by atoms with Crippen LogP contribution < -0.4 is 15.6 Å².